The molecule has 0 atom stereocenters. The first-order valence-corrected chi connectivity index (χ1v) is 4.34. The van der Waals surface area contributed by atoms with Crippen LogP contribution in [0.3, 0.4) is 0 Å². The molecule has 0 aliphatic carbocycles. The van der Waals surface area contributed by atoms with Crippen LogP contribution in [0.15, 0.2) is 41.3 Å². The van der Waals surface area contributed by atoms with Gasteiger partial charge in [-0.25, -0.2) is 4.98 Å². The zero-order valence-corrected chi connectivity index (χ0v) is 7.86. The summed E-state index contributed by atoms with van der Waals surface area (Å²) in [5.41, 5.74) is 0.495. The number of aromatic nitrogens is 1. The molecule has 0 fully saturated rings. The van der Waals surface area contributed by atoms with Gasteiger partial charge in [-0.1, -0.05) is 23.7 Å². The lowest BCUT2D eigenvalue weighted by molar-refractivity contribution is 0.101. The highest BCUT2D eigenvalue weighted by atomic mass is 35.5. The second-order valence-electron chi connectivity index (χ2n) is 2.71. The molecule has 0 N–H and O–H groups in total. The molecule has 4 heteroatoms. The van der Waals surface area contributed by atoms with E-state index in [1.165, 1.54) is 12.6 Å². The molecule has 0 saturated carbocycles. The van der Waals surface area contributed by atoms with Crippen molar-refractivity contribution in [2.45, 2.75) is 0 Å². The summed E-state index contributed by atoms with van der Waals surface area (Å²) in [5.74, 6) is -0.00253. The van der Waals surface area contributed by atoms with Gasteiger partial charge in [-0.2, -0.15) is 0 Å². The lowest BCUT2D eigenvalue weighted by Crippen LogP contribution is -1.98. The van der Waals surface area contributed by atoms with Crippen molar-refractivity contribution < 1.29 is 9.21 Å². The lowest BCUT2D eigenvalue weighted by atomic mass is 10.1. The van der Waals surface area contributed by atoms with Gasteiger partial charge >= 0.3 is 0 Å². The summed E-state index contributed by atoms with van der Waals surface area (Å²) in [6.45, 7) is 0. The van der Waals surface area contributed by atoms with Crippen LogP contribution in [0.25, 0.3) is 0 Å². The summed E-state index contributed by atoms with van der Waals surface area (Å²) in [7, 11) is 0. The summed E-state index contributed by atoms with van der Waals surface area (Å²) < 4.78 is 4.89. The van der Waals surface area contributed by atoms with Gasteiger partial charge in [-0.3, -0.25) is 4.79 Å². The van der Waals surface area contributed by atoms with Crippen LogP contribution in [0, 0.1) is 0 Å². The van der Waals surface area contributed by atoms with E-state index in [1.807, 2.05) is 0 Å². The van der Waals surface area contributed by atoms with Gasteiger partial charge in [-0.15, -0.1) is 0 Å². The highest BCUT2D eigenvalue weighted by Gasteiger charge is 2.11. The fourth-order valence-electron chi connectivity index (χ4n) is 1.10. The molecule has 70 valence electrons. The second kappa shape index (κ2) is 3.64. The highest BCUT2D eigenvalue weighted by Crippen LogP contribution is 2.14. The maximum Gasteiger partial charge on any atom is 0.229 e. The van der Waals surface area contributed by atoms with Crippen molar-refractivity contribution in [2.24, 2.45) is 0 Å². The van der Waals surface area contributed by atoms with Gasteiger partial charge in [0, 0.05) is 10.6 Å². The predicted molar refractivity (Wildman–Crippen MR) is 51.4 cm³/mol. The number of halogens is 1. The number of ketones is 1. The maximum atomic E-state index is 11.7. The molecule has 2 aromatic rings. The molecule has 0 saturated heterocycles. The molecule has 1 heterocycles. The summed E-state index contributed by atoms with van der Waals surface area (Å²) in [5, 5.41) is 0.523. The van der Waals surface area contributed by atoms with Gasteiger partial charge in [0.25, 0.3) is 0 Å². The van der Waals surface area contributed by atoms with Crippen molar-refractivity contribution in [2.75, 3.05) is 0 Å². The lowest BCUT2D eigenvalue weighted by Gasteiger charge is -1.96. The van der Waals surface area contributed by atoms with Crippen LogP contribution < -0.4 is 0 Å². The average Bonchev–Trinajstić information content (AvgIpc) is 2.69. The Morgan fingerprint density at radius 2 is 2.29 bits per heavy atom. The number of hydrogen-bond donors (Lipinski definition) is 0. The molecule has 0 bridgehead atoms. The van der Waals surface area contributed by atoms with E-state index in [2.05, 4.69) is 4.98 Å². The molecular formula is C10H6ClNO2. The molecule has 2 rings (SSSR count). The molecule has 3 nitrogen and oxygen atoms in total. The van der Waals surface area contributed by atoms with Crippen LogP contribution in [0.4, 0.5) is 0 Å². The Hall–Kier alpha value is -1.61. The minimum absolute atomic E-state index is 0.215. The van der Waals surface area contributed by atoms with E-state index >= 15 is 0 Å². The van der Waals surface area contributed by atoms with Crippen molar-refractivity contribution in [3.63, 3.8) is 0 Å². The van der Waals surface area contributed by atoms with E-state index in [0.717, 1.165) is 0 Å². The van der Waals surface area contributed by atoms with Gasteiger partial charge in [0.15, 0.2) is 12.2 Å². The first-order chi connectivity index (χ1) is 6.77. The van der Waals surface area contributed by atoms with Crippen molar-refractivity contribution in [1.82, 2.24) is 4.98 Å². The fraction of sp³-hybridized carbons (Fsp3) is 0. The van der Waals surface area contributed by atoms with Crippen LogP contribution in [0.1, 0.15) is 16.1 Å². The molecule has 0 spiro atoms. The van der Waals surface area contributed by atoms with Gasteiger partial charge in [0.1, 0.15) is 0 Å². The number of benzene rings is 1. The fourth-order valence-corrected chi connectivity index (χ4v) is 1.29. The quantitative estimate of drug-likeness (QED) is 0.711. The van der Waals surface area contributed by atoms with Gasteiger partial charge < -0.3 is 4.42 Å². The van der Waals surface area contributed by atoms with E-state index in [0.29, 0.717) is 10.6 Å². The van der Waals surface area contributed by atoms with E-state index in [-0.39, 0.29) is 11.5 Å². The van der Waals surface area contributed by atoms with Crippen molar-refractivity contribution in [1.29, 1.82) is 0 Å². The SMILES string of the molecule is O=C(c1cccc(Cl)c1)c1cnco1. The normalized spacial score (nSPS) is 10.1. The highest BCUT2D eigenvalue weighted by molar-refractivity contribution is 6.31. The Kier molecular flexibility index (Phi) is 2.33. The van der Waals surface area contributed by atoms with Crippen LogP contribution in [-0.2, 0) is 0 Å². The number of hydrogen-bond acceptors (Lipinski definition) is 3. The second-order valence-corrected chi connectivity index (χ2v) is 3.14. The van der Waals surface area contributed by atoms with E-state index in [9.17, 15) is 4.79 Å². The van der Waals surface area contributed by atoms with Crippen LogP contribution in [-0.4, -0.2) is 10.8 Å². The van der Waals surface area contributed by atoms with Gasteiger partial charge in [0.05, 0.1) is 6.20 Å². The molecule has 0 aliphatic rings. The van der Waals surface area contributed by atoms with Crippen molar-refractivity contribution >= 4 is 17.4 Å². The van der Waals surface area contributed by atoms with Crippen molar-refractivity contribution in [3.05, 3.63) is 53.2 Å². The molecule has 0 amide bonds. The Morgan fingerprint density at radius 1 is 1.43 bits per heavy atom. The summed E-state index contributed by atoms with van der Waals surface area (Å²) >= 11 is 5.75. The number of carbonyl (C=O) groups is 1. The molecule has 0 unspecified atom stereocenters. The van der Waals surface area contributed by atoms with Gasteiger partial charge in [0.2, 0.25) is 5.78 Å². The third kappa shape index (κ3) is 1.67. The Morgan fingerprint density at radius 3 is 2.93 bits per heavy atom. The molecule has 14 heavy (non-hydrogen) atoms. The Balaban J connectivity index is 2.37. The molecule has 1 aromatic carbocycles. The molecule has 0 radical (unpaired) electrons. The largest absolute Gasteiger partial charge is 0.440 e. The zero-order valence-electron chi connectivity index (χ0n) is 7.11. The Bertz CT molecular complexity index is 451. The standard InChI is InChI=1S/C10H6ClNO2/c11-8-3-1-2-7(4-8)10(13)9-5-12-6-14-9/h1-6H. The molecular weight excluding hydrogens is 202 g/mol. The molecule has 0 aliphatic heterocycles. The third-order valence-corrected chi connectivity index (χ3v) is 1.98. The number of carbonyl (C=O) groups excluding carboxylic acids is 1. The number of nitrogens with zero attached hydrogens (tertiary/aromatic N) is 1. The van der Waals surface area contributed by atoms with Crippen LogP contribution in [0.5, 0.6) is 0 Å². The average molecular weight is 208 g/mol. The minimum Gasteiger partial charge on any atom is -0.440 e. The summed E-state index contributed by atoms with van der Waals surface area (Å²) in [6, 6.07) is 6.69. The smallest absolute Gasteiger partial charge is 0.229 e. The summed E-state index contributed by atoms with van der Waals surface area (Å²) in [6.07, 6.45) is 2.60. The minimum atomic E-state index is -0.218. The van der Waals surface area contributed by atoms with Gasteiger partial charge in [-0.05, 0) is 12.1 Å². The number of oxazole rings is 1. The predicted octanol–water partition coefficient (Wildman–Crippen LogP) is 2.56. The zero-order chi connectivity index (χ0) is 9.97. The summed E-state index contributed by atoms with van der Waals surface area (Å²) in [4.78, 5) is 15.3. The van der Waals surface area contributed by atoms with E-state index < -0.39 is 0 Å². The third-order valence-electron chi connectivity index (χ3n) is 1.74. The molecule has 1 aromatic heterocycles. The monoisotopic (exact) mass is 207 g/mol. The first-order valence-electron chi connectivity index (χ1n) is 3.96. The van der Waals surface area contributed by atoms with E-state index in [1.54, 1.807) is 24.3 Å². The van der Waals surface area contributed by atoms with Crippen molar-refractivity contribution in [3.8, 4) is 0 Å². The van der Waals surface area contributed by atoms with Crippen LogP contribution in [0.2, 0.25) is 5.02 Å². The maximum absolute atomic E-state index is 11.7. The first kappa shape index (κ1) is 8.97. The van der Waals surface area contributed by atoms with E-state index in [4.69, 9.17) is 16.0 Å². The van der Waals surface area contributed by atoms with Crippen LogP contribution >= 0.6 is 11.6 Å². The Labute approximate surface area is 85.3 Å². The topological polar surface area (TPSA) is 43.1 Å². The number of rotatable bonds is 2.